The summed E-state index contributed by atoms with van der Waals surface area (Å²) in [6.07, 6.45) is 5.08. The lowest BCUT2D eigenvalue weighted by atomic mass is 9.86. The summed E-state index contributed by atoms with van der Waals surface area (Å²) in [5.74, 6) is -0.169. The molecule has 0 saturated heterocycles. The van der Waals surface area contributed by atoms with Gasteiger partial charge < -0.3 is 10.3 Å². The number of nitrogens with zero attached hydrogens (tertiary/aromatic N) is 1. The van der Waals surface area contributed by atoms with Crippen molar-refractivity contribution in [3.8, 4) is 0 Å². The van der Waals surface area contributed by atoms with E-state index in [-0.39, 0.29) is 11.3 Å². The first-order valence-electron chi connectivity index (χ1n) is 9.37. The number of carbonyl (C=O) groups excluding carboxylic acids is 1. The summed E-state index contributed by atoms with van der Waals surface area (Å²) in [5, 5.41) is 5.24. The lowest BCUT2D eigenvalue weighted by Gasteiger charge is -2.22. The first-order chi connectivity index (χ1) is 13.4. The van der Waals surface area contributed by atoms with Crippen LogP contribution in [0.3, 0.4) is 0 Å². The number of hydrogen-bond acceptors (Lipinski definition) is 2. The van der Waals surface area contributed by atoms with Gasteiger partial charge in [0.05, 0.1) is 17.4 Å². The van der Waals surface area contributed by atoms with Crippen LogP contribution in [0.15, 0.2) is 66.9 Å². The van der Waals surface area contributed by atoms with E-state index in [0.717, 1.165) is 38.8 Å². The Hall–Kier alpha value is -3.40. The molecule has 4 rings (SSSR count). The Balaban J connectivity index is 1.58. The van der Waals surface area contributed by atoms with Crippen LogP contribution in [-0.2, 0) is 10.2 Å². The largest absolute Gasteiger partial charge is 0.353 e. The van der Waals surface area contributed by atoms with Crippen LogP contribution in [0.2, 0.25) is 0 Å². The molecule has 2 heterocycles. The number of hydrogen-bond donors (Lipinski definition) is 2. The maximum Gasteiger partial charge on any atom is 0.248 e. The van der Waals surface area contributed by atoms with Gasteiger partial charge in [-0.25, -0.2) is 0 Å². The van der Waals surface area contributed by atoms with Gasteiger partial charge in [-0.15, -0.1) is 0 Å². The highest BCUT2D eigenvalue weighted by atomic mass is 16.1. The zero-order chi connectivity index (χ0) is 19.7. The average molecular weight is 369 g/mol. The van der Waals surface area contributed by atoms with Gasteiger partial charge in [-0.05, 0) is 35.3 Å². The summed E-state index contributed by atoms with van der Waals surface area (Å²) >= 11 is 0. The van der Waals surface area contributed by atoms with Crippen molar-refractivity contribution in [3.63, 3.8) is 0 Å². The van der Waals surface area contributed by atoms with Crippen molar-refractivity contribution in [2.75, 3.05) is 5.32 Å². The molecule has 4 aromatic rings. The molecule has 0 unspecified atom stereocenters. The summed E-state index contributed by atoms with van der Waals surface area (Å²) in [6.45, 7) is 6.40. The van der Waals surface area contributed by atoms with E-state index in [1.165, 1.54) is 6.08 Å². The Bertz CT molecular complexity index is 1200. The molecule has 2 aromatic heterocycles. The SMILES string of the molecule is CC(C)(C)c1ccccc1NC(=O)/C=C/c1cc2c(cn1)[nH]c1ccccc12. The molecule has 140 valence electrons. The number of pyridine rings is 1. The first kappa shape index (κ1) is 18.0. The molecule has 1 amide bonds. The van der Waals surface area contributed by atoms with E-state index in [1.54, 1.807) is 6.08 Å². The predicted octanol–water partition coefficient (Wildman–Crippen LogP) is 5.67. The van der Waals surface area contributed by atoms with Crippen LogP contribution in [0.25, 0.3) is 27.9 Å². The van der Waals surface area contributed by atoms with E-state index in [4.69, 9.17) is 0 Å². The lowest BCUT2D eigenvalue weighted by Crippen LogP contribution is -2.17. The number of benzene rings is 2. The topological polar surface area (TPSA) is 57.8 Å². The number of amides is 1. The van der Waals surface area contributed by atoms with Crippen molar-refractivity contribution in [1.29, 1.82) is 0 Å². The van der Waals surface area contributed by atoms with Gasteiger partial charge >= 0.3 is 0 Å². The van der Waals surface area contributed by atoms with Crippen LogP contribution in [0.4, 0.5) is 5.69 Å². The second kappa shape index (κ2) is 6.97. The maximum absolute atomic E-state index is 12.5. The van der Waals surface area contributed by atoms with Crippen molar-refractivity contribution in [2.45, 2.75) is 26.2 Å². The van der Waals surface area contributed by atoms with Crippen molar-refractivity contribution in [3.05, 3.63) is 78.1 Å². The van der Waals surface area contributed by atoms with E-state index in [0.29, 0.717) is 0 Å². The third-order valence-corrected chi connectivity index (χ3v) is 4.81. The molecule has 0 atom stereocenters. The highest BCUT2D eigenvalue weighted by Crippen LogP contribution is 2.29. The normalized spacial score (nSPS) is 12.1. The highest BCUT2D eigenvalue weighted by Gasteiger charge is 2.18. The lowest BCUT2D eigenvalue weighted by molar-refractivity contribution is -0.111. The molecule has 4 heteroatoms. The molecule has 28 heavy (non-hydrogen) atoms. The number of anilines is 1. The van der Waals surface area contributed by atoms with Crippen LogP contribution in [0.5, 0.6) is 0 Å². The van der Waals surface area contributed by atoms with E-state index < -0.39 is 0 Å². The fraction of sp³-hybridized carbons (Fsp3) is 0.167. The number of fused-ring (bicyclic) bond motifs is 3. The van der Waals surface area contributed by atoms with Gasteiger partial charge in [0.25, 0.3) is 0 Å². The number of aromatic amines is 1. The molecular formula is C24H23N3O. The Labute approximate surface area is 164 Å². The number of rotatable bonds is 3. The van der Waals surface area contributed by atoms with Gasteiger partial charge in [0, 0.05) is 28.1 Å². The van der Waals surface area contributed by atoms with Crippen LogP contribution in [-0.4, -0.2) is 15.9 Å². The van der Waals surface area contributed by atoms with Crippen molar-refractivity contribution >= 4 is 39.5 Å². The minimum Gasteiger partial charge on any atom is -0.353 e. The summed E-state index contributed by atoms with van der Waals surface area (Å²) < 4.78 is 0. The molecule has 2 aromatic carbocycles. The summed E-state index contributed by atoms with van der Waals surface area (Å²) in [7, 11) is 0. The molecule has 0 aliphatic carbocycles. The van der Waals surface area contributed by atoms with Crippen LogP contribution < -0.4 is 5.32 Å². The average Bonchev–Trinajstić information content (AvgIpc) is 3.04. The summed E-state index contributed by atoms with van der Waals surface area (Å²) in [6, 6.07) is 18.1. The van der Waals surface area contributed by atoms with Gasteiger partial charge in [0.2, 0.25) is 5.91 Å². The smallest absolute Gasteiger partial charge is 0.248 e. The Morgan fingerprint density at radius 1 is 1.00 bits per heavy atom. The van der Waals surface area contributed by atoms with Gasteiger partial charge in [0.15, 0.2) is 0 Å². The Kier molecular flexibility index (Phi) is 4.47. The molecule has 0 fully saturated rings. The summed E-state index contributed by atoms with van der Waals surface area (Å²) in [4.78, 5) is 20.3. The number of nitrogens with one attached hydrogen (secondary N) is 2. The summed E-state index contributed by atoms with van der Waals surface area (Å²) in [5.41, 5.74) is 4.71. The quantitative estimate of drug-likeness (QED) is 0.457. The zero-order valence-electron chi connectivity index (χ0n) is 16.3. The highest BCUT2D eigenvalue weighted by molar-refractivity contribution is 6.07. The monoisotopic (exact) mass is 369 g/mol. The first-order valence-corrected chi connectivity index (χ1v) is 9.37. The number of aromatic nitrogens is 2. The Morgan fingerprint density at radius 2 is 1.75 bits per heavy atom. The molecule has 4 nitrogen and oxygen atoms in total. The van der Waals surface area contributed by atoms with Gasteiger partial charge in [-0.3, -0.25) is 9.78 Å². The Morgan fingerprint density at radius 3 is 2.57 bits per heavy atom. The van der Waals surface area contributed by atoms with E-state index in [9.17, 15) is 4.79 Å². The fourth-order valence-electron chi connectivity index (χ4n) is 3.44. The molecule has 0 bridgehead atoms. The van der Waals surface area contributed by atoms with E-state index in [2.05, 4.69) is 42.1 Å². The van der Waals surface area contributed by atoms with E-state index in [1.807, 2.05) is 54.7 Å². The third kappa shape index (κ3) is 3.54. The standard InChI is InChI=1S/C24H23N3O/c1-24(2,3)19-9-5-7-11-21(19)27-23(28)13-12-16-14-18-17-8-4-6-10-20(17)26-22(18)15-25-16/h4-15,26H,1-3H3,(H,27,28)/b13-12+. The molecule has 0 aliphatic heterocycles. The van der Waals surface area contributed by atoms with Crippen molar-refractivity contribution in [2.24, 2.45) is 0 Å². The molecular weight excluding hydrogens is 346 g/mol. The second-order valence-corrected chi connectivity index (χ2v) is 7.94. The number of carbonyl (C=O) groups is 1. The van der Waals surface area contributed by atoms with Crippen LogP contribution in [0, 0.1) is 0 Å². The minimum atomic E-state index is -0.169. The molecule has 0 aliphatic rings. The number of H-pyrrole nitrogens is 1. The second-order valence-electron chi connectivity index (χ2n) is 7.94. The van der Waals surface area contributed by atoms with Crippen molar-refractivity contribution < 1.29 is 4.79 Å². The van der Waals surface area contributed by atoms with Gasteiger partial charge in [0.1, 0.15) is 0 Å². The molecule has 0 radical (unpaired) electrons. The van der Waals surface area contributed by atoms with Gasteiger partial charge in [-0.2, -0.15) is 0 Å². The van der Waals surface area contributed by atoms with Gasteiger partial charge in [-0.1, -0.05) is 57.2 Å². The zero-order valence-corrected chi connectivity index (χ0v) is 16.3. The fourth-order valence-corrected chi connectivity index (χ4v) is 3.44. The molecule has 0 saturated carbocycles. The minimum absolute atomic E-state index is 0.0461. The molecule has 0 spiro atoms. The third-order valence-electron chi connectivity index (χ3n) is 4.81. The number of para-hydroxylation sites is 2. The predicted molar refractivity (Wildman–Crippen MR) is 116 cm³/mol. The van der Waals surface area contributed by atoms with Crippen LogP contribution >= 0.6 is 0 Å². The maximum atomic E-state index is 12.5. The van der Waals surface area contributed by atoms with Crippen molar-refractivity contribution in [1.82, 2.24) is 9.97 Å². The van der Waals surface area contributed by atoms with E-state index >= 15 is 0 Å². The molecule has 2 N–H and O–H groups in total. The van der Waals surface area contributed by atoms with Crippen LogP contribution in [0.1, 0.15) is 32.0 Å².